The van der Waals surface area contributed by atoms with Crippen LogP contribution in [0.2, 0.25) is 5.02 Å². The first-order valence-electron chi connectivity index (χ1n) is 8.20. The summed E-state index contributed by atoms with van der Waals surface area (Å²) in [5.41, 5.74) is 3.68. The first-order valence-corrected chi connectivity index (χ1v) is 9.38. The standard InChI is InChI=1S/C19H16BrClFN3/c20-12-4-7-14(8-5-12)25-19-16(3-1-2-10-23-19)18(24-25)15-9-6-13(22)11-17(15)21/h4-9,11,23H,1-3,10H2. The predicted octanol–water partition coefficient (Wildman–Crippen LogP) is 5.84. The lowest BCUT2D eigenvalue weighted by atomic mass is 10.0. The van der Waals surface area contributed by atoms with E-state index in [1.54, 1.807) is 6.07 Å². The molecule has 1 N–H and O–H groups in total. The Kier molecular flexibility index (Phi) is 4.52. The maximum absolute atomic E-state index is 13.4. The van der Waals surface area contributed by atoms with Crippen LogP contribution in [0.15, 0.2) is 46.9 Å². The van der Waals surface area contributed by atoms with Crippen molar-refractivity contribution in [3.05, 3.63) is 63.3 Å². The van der Waals surface area contributed by atoms with Crippen molar-refractivity contribution in [2.75, 3.05) is 11.9 Å². The van der Waals surface area contributed by atoms with Crippen molar-refractivity contribution in [2.24, 2.45) is 0 Å². The Labute approximate surface area is 158 Å². The molecule has 0 bridgehead atoms. The van der Waals surface area contributed by atoms with Crippen molar-refractivity contribution in [1.82, 2.24) is 9.78 Å². The van der Waals surface area contributed by atoms with E-state index in [1.165, 1.54) is 12.1 Å². The second-order valence-electron chi connectivity index (χ2n) is 6.07. The molecule has 0 atom stereocenters. The first kappa shape index (κ1) is 16.6. The molecule has 2 heterocycles. The molecule has 0 radical (unpaired) electrons. The molecule has 6 heteroatoms. The van der Waals surface area contributed by atoms with Gasteiger partial charge in [-0.25, -0.2) is 9.07 Å². The summed E-state index contributed by atoms with van der Waals surface area (Å²) in [6.45, 7) is 0.909. The van der Waals surface area contributed by atoms with Gasteiger partial charge >= 0.3 is 0 Å². The molecule has 0 amide bonds. The van der Waals surface area contributed by atoms with Crippen LogP contribution in [-0.2, 0) is 6.42 Å². The number of nitrogens with zero attached hydrogens (tertiary/aromatic N) is 2. The lowest BCUT2D eigenvalue weighted by Crippen LogP contribution is -2.07. The van der Waals surface area contributed by atoms with E-state index in [0.717, 1.165) is 58.6 Å². The molecule has 3 nitrogen and oxygen atoms in total. The van der Waals surface area contributed by atoms with Gasteiger partial charge in [0, 0.05) is 22.1 Å². The number of fused-ring (bicyclic) bond motifs is 1. The predicted molar refractivity (Wildman–Crippen MR) is 103 cm³/mol. The fourth-order valence-corrected chi connectivity index (χ4v) is 3.69. The van der Waals surface area contributed by atoms with Gasteiger partial charge in [-0.2, -0.15) is 5.10 Å². The SMILES string of the molecule is Fc1ccc(-c2nn(-c3ccc(Br)cc3)c3c2CCCCN3)c(Cl)c1. The molecule has 0 fully saturated rings. The summed E-state index contributed by atoms with van der Waals surface area (Å²) in [7, 11) is 0. The van der Waals surface area contributed by atoms with Gasteiger partial charge in [-0.15, -0.1) is 0 Å². The Hall–Kier alpha value is -1.85. The van der Waals surface area contributed by atoms with Crippen LogP contribution < -0.4 is 5.32 Å². The highest BCUT2D eigenvalue weighted by atomic mass is 79.9. The van der Waals surface area contributed by atoms with Crippen molar-refractivity contribution in [3.8, 4) is 16.9 Å². The second-order valence-corrected chi connectivity index (χ2v) is 7.39. The van der Waals surface area contributed by atoms with E-state index in [1.807, 2.05) is 28.9 Å². The van der Waals surface area contributed by atoms with E-state index in [0.29, 0.717) is 5.02 Å². The van der Waals surface area contributed by atoms with Crippen LogP contribution in [-0.4, -0.2) is 16.3 Å². The molecule has 4 rings (SSSR count). The van der Waals surface area contributed by atoms with Crippen LogP contribution >= 0.6 is 27.5 Å². The van der Waals surface area contributed by atoms with Crippen LogP contribution in [0.5, 0.6) is 0 Å². The molecule has 0 spiro atoms. The molecule has 0 aliphatic carbocycles. The van der Waals surface area contributed by atoms with Gasteiger partial charge in [0.2, 0.25) is 0 Å². The summed E-state index contributed by atoms with van der Waals surface area (Å²) < 4.78 is 16.4. The highest BCUT2D eigenvalue weighted by Gasteiger charge is 2.23. The molecular formula is C19H16BrClFN3. The van der Waals surface area contributed by atoms with Crippen molar-refractivity contribution >= 4 is 33.3 Å². The minimum absolute atomic E-state index is 0.342. The van der Waals surface area contributed by atoms with Crippen molar-refractivity contribution in [3.63, 3.8) is 0 Å². The zero-order chi connectivity index (χ0) is 17.4. The lowest BCUT2D eigenvalue weighted by molar-refractivity contribution is 0.628. The van der Waals surface area contributed by atoms with E-state index in [9.17, 15) is 4.39 Å². The molecule has 1 aromatic heterocycles. The number of hydrogen-bond donors (Lipinski definition) is 1. The topological polar surface area (TPSA) is 29.9 Å². The van der Waals surface area contributed by atoms with Crippen LogP contribution in [0, 0.1) is 5.82 Å². The highest BCUT2D eigenvalue weighted by molar-refractivity contribution is 9.10. The maximum atomic E-state index is 13.4. The van der Waals surface area contributed by atoms with Crippen molar-refractivity contribution in [2.45, 2.75) is 19.3 Å². The monoisotopic (exact) mass is 419 g/mol. The maximum Gasteiger partial charge on any atom is 0.133 e. The van der Waals surface area contributed by atoms with Gasteiger partial charge in [-0.3, -0.25) is 0 Å². The number of hydrogen-bond acceptors (Lipinski definition) is 2. The molecule has 128 valence electrons. The largest absolute Gasteiger partial charge is 0.370 e. The zero-order valence-corrected chi connectivity index (χ0v) is 15.7. The van der Waals surface area contributed by atoms with E-state index in [2.05, 4.69) is 21.2 Å². The number of benzene rings is 2. The molecule has 0 unspecified atom stereocenters. The minimum Gasteiger partial charge on any atom is -0.370 e. The average molecular weight is 421 g/mol. The van der Waals surface area contributed by atoms with Gasteiger partial charge in [0.15, 0.2) is 0 Å². The summed E-state index contributed by atoms with van der Waals surface area (Å²) in [6.07, 6.45) is 3.10. The first-order chi connectivity index (χ1) is 12.1. The Bertz CT molecular complexity index is 921. The third-order valence-corrected chi connectivity index (χ3v) is 5.23. The van der Waals surface area contributed by atoms with E-state index >= 15 is 0 Å². The molecule has 0 saturated heterocycles. The summed E-state index contributed by atoms with van der Waals surface area (Å²) in [5.74, 6) is 0.653. The van der Waals surface area contributed by atoms with E-state index in [-0.39, 0.29) is 5.82 Å². The van der Waals surface area contributed by atoms with Gasteiger partial charge in [-0.05, 0) is 61.7 Å². The molecule has 3 aromatic rings. The van der Waals surface area contributed by atoms with Gasteiger partial charge in [0.25, 0.3) is 0 Å². The average Bonchev–Trinajstić information content (AvgIpc) is 2.78. The third kappa shape index (κ3) is 3.18. The minimum atomic E-state index is -0.342. The molecular weight excluding hydrogens is 405 g/mol. The van der Waals surface area contributed by atoms with E-state index < -0.39 is 0 Å². The molecule has 0 saturated carbocycles. The van der Waals surface area contributed by atoms with Crippen molar-refractivity contribution in [1.29, 1.82) is 0 Å². The number of aromatic nitrogens is 2. The summed E-state index contributed by atoms with van der Waals surface area (Å²) in [6, 6.07) is 12.5. The molecule has 2 aromatic carbocycles. The summed E-state index contributed by atoms with van der Waals surface area (Å²) in [5, 5.41) is 8.71. The van der Waals surface area contributed by atoms with E-state index in [4.69, 9.17) is 16.7 Å². The number of anilines is 1. The number of nitrogens with one attached hydrogen (secondary N) is 1. The number of rotatable bonds is 2. The molecule has 1 aliphatic rings. The Morgan fingerprint density at radius 3 is 2.68 bits per heavy atom. The number of halogens is 3. The van der Waals surface area contributed by atoms with Crippen LogP contribution in [0.1, 0.15) is 18.4 Å². The normalized spacial score (nSPS) is 13.9. The molecule has 1 aliphatic heterocycles. The van der Waals surface area contributed by atoms with Gasteiger partial charge < -0.3 is 5.32 Å². The quantitative estimate of drug-likeness (QED) is 0.564. The lowest BCUT2D eigenvalue weighted by Gasteiger charge is -2.09. The second kappa shape index (κ2) is 6.81. The fraction of sp³-hybridized carbons (Fsp3) is 0.211. The van der Waals surface area contributed by atoms with Crippen LogP contribution in [0.3, 0.4) is 0 Å². The van der Waals surface area contributed by atoms with Crippen LogP contribution in [0.4, 0.5) is 10.2 Å². The molecule has 25 heavy (non-hydrogen) atoms. The third-order valence-electron chi connectivity index (χ3n) is 4.39. The Morgan fingerprint density at radius 2 is 1.92 bits per heavy atom. The summed E-state index contributed by atoms with van der Waals surface area (Å²) >= 11 is 9.77. The van der Waals surface area contributed by atoms with Crippen molar-refractivity contribution < 1.29 is 4.39 Å². The Morgan fingerprint density at radius 1 is 1.12 bits per heavy atom. The smallest absolute Gasteiger partial charge is 0.133 e. The van der Waals surface area contributed by atoms with Gasteiger partial charge in [0.05, 0.1) is 16.4 Å². The van der Waals surface area contributed by atoms with Gasteiger partial charge in [0.1, 0.15) is 11.6 Å². The zero-order valence-electron chi connectivity index (χ0n) is 13.4. The fourth-order valence-electron chi connectivity index (χ4n) is 3.17. The highest BCUT2D eigenvalue weighted by Crippen LogP contribution is 2.37. The van der Waals surface area contributed by atoms with Crippen LogP contribution in [0.25, 0.3) is 16.9 Å². The Balaban J connectivity index is 1.91. The van der Waals surface area contributed by atoms with Gasteiger partial charge in [-0.1, -0.05) is 27.5 Å². The summed E-state index contributed by atoms with van der Waals surface area (Å²) in [4.78, 5) is 0.